The molecule has 2 aromatic carbocycles. The molecule has 25 heavy (non-hydrogen) atoms. The summed E-state index contributed by atoms with van der Waals surface area (Å²) in [7, 11) is 1.67. The minimum absolute atomic E-state index is 0.779. The molecule has 0 bridgehead atoms. The van der Waals surface area contributed by atoms with E-state index in [1.165, 1.54) is 26.2 Å². The molecule has 3 rings (SSSR count). The Morgan fingerprint density at radius 1 is 1.04 bits per heavy atom. The Labute approximate surface area is 162 Å². The number of aryl methyl sites for hydroxylation is 2. The monoisotopic (exact) mass is 444 g/mol. The number of ether oxygens (including phenoxy) is 1. The van der Waals surface area contributed by atoms with Gasteiger partial charge in [0.05, 0.1) is 7.11 Å². The summed E-state index contributed by atoms with van der Waals surface area (Å²) in [4.78, 5) is 4.62. The summed E-state index contributed by atoms with van der Waals surface area (Å²) in [6.45, 7) is 6.40. The van der Waals surface area contributed by atoms with E-state index in [4.69, 9.17) is 4.74 Å². The van der Waals surface area contributed by atoms with E-state index in [-0.39, 0.29) is 0 Å². The summed E-state index contributed by atoms with van der Waals surface area (Å²) in [6.07, 6.45) is 1.91. The number of methoxy groups -OCH3 is 1. The normalized spacial score (nSPS) is 11.2. The van der Waals surface area contributed by atoms with E-state index in [0.29, 0.717) is 0 Å². The van der Waals surface area contributed by atoms with Crippen molar-refractivity contribution in [3.8, 4) is 11.4 Å². The van der Waals surface area contributed by atoms with Crippen LogP contribution < -0.4 is 4.74 Å². The maximum Gasteiger partial charge on any atom is 0.144 e. The van der Waals surface area contributed by atoms with Crippen LogP contribution in [-0.4, -0.2) is 17.9 Å². The Bertz CT molecular complexity index is 941. The van der Waals surface area contributed by atoms with Gasteiger partial charge in [-0.2, -0.15) is 0 Å². The molecule has 0 spiro atoms. The summed E-state index contributed by atoms with van der Waals surface area (Å²) in [5.41, 5.74) is 6.79. The SMILES string of the molecule is COc1ccccc1N=Cc1cc(C)n(-c2ccc(I)c(C)c2)c1C. The van der Waals surface area contributed by atoms with E-state index >= 15 is 0 Å². The van der Waals surface area contributed by atoms with Gasteiger partial charge >= 0.3 is 0 Å². The fraction of sp³-hybridized carbons (Fsp3) is 0.190. The molecule has 0 saturated carbocycles. The zero-order valence-electron chi connectivity index (χ0n) is 14.9. The average Bonchev–Trinajstić information content (AvgIpc) is 2.89. The molecule has 0 unspecified atom stereocenters. The number of aromatic nitrogens is 1. The van der Waals surface area contributed by atoms with Gasteiger partial charge in [-0.1, -0.05) is 12.1 Å². The Balaban J connectivity index is 1.99. The fourth-order valence-corrected chi connectivity index (χ4v) is 3.29. The smallest absolute Gasteiger partial charge is 0.144 e. The Kier molecular flexibility index (Phi) is 5.27. The van der Waals surface area contributed by atoms with E-state index in [2.05, 4.69) is 77.2 Å². The summed E-state index contributed by atoms with van der Waals surface area (Å²) in [6, 6.07) is 16.5. The minimum atomic E-state index is 0.779. The van der Waals surface area contributed by atoms with Gasteiger partial charge in [-0.3, -0.25) is 4.99 Å². The number of benzene rings is 2. The predicted molar refractivity (Wildman–Crippen MR) is 113 cm³/mol. The van der Waals surface area contributed by atoms with Crippen molar-refractivity contribution in [3.05, 3.63) is 74.6 Å². The summed E-state index contributed by atoms with van der Waals surface area (Å²) in [5, 5.41) is 0. The molecule has 0 saturated heterocycles. The van der Waals surface area contributed by atoms with Crippen molar-refractivity contribution in [2.45, 2.75) is 20.8 Å². The van der Waals surface area contributed by atoms with Gasteiger partial charge in [-0.15, -0.1) is 0 Å². The highest BCUT2D eigenvalue weighted by Gasteiger charge is 2.10. The highest BCUT2D eigenvalue weighted by molar-refractivity contribution is 14.1. The molecule has 0 amide bonds. The van der Waals surface area contributed by atoms with Crippen LogP contribution in [0.4, 0.5) is 5.69 Å². The standard InChI is InChI=1S/C21H21IN2O/c1-14-11-18(9-10-19(14)22)24-15(2)12-17(16(24)3)13-23-20-7-5-6-8-21(20)25-4/h5-13H,1-4H3. The highest BCUT2D eigenvalue weighted by atomic mass is 127. The molecule has 0 aliphatic rings. The van der Waals surface area contributed by atoms with Crippen LogP contribution in [0.25, 0.3) is 5.69 Å². The van der Waals surface area contributed by atoms with Gasteiger partial charge in [0.1, 0.15) is 11.4 Å². The summed E-state index contributed by atoms with van der Waals surface area (Å²) in [5.74, 6) is 0.779. The van der Waals surface area contributed by atoms with Crippen LogP contribution in [0.1, 0.15) is 22.5 Å². The molecule has 128 valence electrons. The molecule has 0 fully saturated rings. The number of nitrogens with zero attached hydrogens (tertiary/aromatic N) is 2. The molecule has 1 aromatic heterocycles. The number of halogens is 1. The first-order valence-corrected chi connectivity index (χ1v) is 9.21. The van der Waals surface area contributed by atoms with Gasteiger partial charge in [0.2, 0.25) is 0 Å². The number of hydrogen-bond acceptors (Lipinski definition) is 2. The quantitative estimate of drug-likeness (QED) is 0.371. The van der Waals surface area contributed by atoms with Crippen LogP contribution in [0.2, 0.25) is 0 Å². The van der Waals surface area contributed by atoms with Crippen molar-refractivity contribution >= 4 is 34.5 Å². The molecule has 3 aromatic rings. The maximum atomic E-state index is 5.37. The molecule has 0 radical (unpaired) electrons. The zero-order chi connectivity index (χ0) is 18.0. The van der Waals surface area contributed by atoms with Crippen molar-refractivity contribution in [2.75, 3.05) is 7.11 Å². The minimum Gasteiger partial charge on any atom is -0.494 e. The third-order valence-electron chi connectivity index (χ3n) is 4.30. The Morgan fingerprint density at radius 2 is 1.80 bits per heavy atom. The zero-order valence-corrected chi connectivity index (χ0v) is 17.0. The molecule has 0 aliphatic heterocycles. The van der Waals surface area contributed by atoms with Gasteiger partial charge in [-0.05, 0) is 85.3 Å². The van der Waals surface area contributed by atoms with Gasteiger partial charge in [0.25, 0.3) is 0 Å². The van der Waals surface area contributed by atoms with Crippen LogP contribution in [-0.2, 0) is 0 Å². The van der Waals surface area contributed by atoms with Crippen molar-refractivity contribution in [1.29, 1.82) is 0 Å². The first kappa shape index (κ1) is 17.7. The fourth-order valence-electron chi connectivity index (χ4n) is 2.96. The lowest BCUT2D eigenvalue weighted by Gasteiger charge is -2.11. The molecule has 0 aliphatic carbocycles. The molecular formula is C21H21IN2O. The van der Waals surface area contributed by atoms with E-state index in [0.717, 1.165) is 17.0 Å². The number of rotatable bonds is 4. The average molecular weight is 444 g/mol. The molecule has 0 atom stereocenters. The maximum absolute atomic E-state index is 5.37. The lowest BCUT2D eigenvalue weighted by atomic mass is 10.2. The van der Waals surface area contributed by atoms with Crippen LogP contribution in [0, 0.1) is 24.3 Å². The van der Waals surface area contributed by atoms with E-state index in [1.54, 1.807) is 7.11 Å². The first-order valence-electron chi connectivity index (χ1n) is 8.14. The lowest BCUT2D eigenvalue weighted by Crippen LogP contribution is -2.00. The lowest BCUT2D eigenvalue weighted by molar-refractivity contribution is 0.416. The molecule has 1 heterocycles. The number of para-hydroxylation sites is 2. The van der Waals surface area contributed by atoms with Crippen LogP contribution in [0.15, 0.2) is 53.5 Å². The van der Waals surface area contributed by atoms with E-state index < -0.39 is 0 Å². The first-order chi connectivity index (χ1) is 12.0. The van der Waals surface area contributed by atoms with Crippen molar-refractivity contribution in [1.82, 2.24) is 4.57 Å². The molecule has 3 nitrogen and oxygen atoms in total. The second-order valence-electron chi connectivity index (χ2n) is 6.03. The van der Waals surface area contributed by atoms with Crippen molar-refractivity contribution < 1.29 is 4.74 Å². The van der Waals surface area contributed by atoms with Gasteiger partial charge in [-0.25, -0.2) is 0 Å². The summed E-state index contributed by atoms with van der Waals surface area (Å²) >= 11 is 2.37. The molecule has 4 heteroatoms. The molecular weight excluding hydrogens is 423 g/mol. The third kappa shape index (κ3) is 3.63. The van der Waals surface area contributed by atoms with Gasteiger partial charge in [0.15, 0.2) is 0 Å². The number of hydrogen-bond donors (Lipinski definition) is 0. The van der Waals surface area contributed by atoms with Gasteiger partial charge < -0.3 is 9.30 Å². The molecule has 0 N–H and O–H groups in total. The number of aliphatic imine (C=N–C) groups is 1. The van der Waals surface area contributed by atoms with Crippen LogP contribution in [0.3, 0.4) is 0 Å². The van der Waals surface area contributed by atoms with Crippen molar-refractivity contribution in [2.24, 2.45) is 4.99 Å². The third-order valence-corrected chi connectivity index (χ3v) is 5.51. The largest absolute Gasteiger partial charge is 0.494 e. The second-order valence-corrected chi connectivity index (χ2v) is 7.19. The predicted octanol–water partition coefficient (Wildman–Crippen LogP) is 5.77. The van der Waals surface area contributed by atoms with Crippen LogP contribution >= 0.6 is 22.6 Å². The summed E-state index contributed by atoms with van der Waals surface area (Å²) < 4.78 is 8.92. The van der Waals surface area contributed by atoms with Crippen LogP contribution in [0.5, 0.6) is 5.75 Å². The highest BCUT2D eigenvalue weighted by Crippen LogP contribution is 2.27. The van der Waals surface area contributed by atoms with E-state index in [9.17, 15) is 0 Å². The van der Waals surface area contributed by atoms with Gasteiger partial charge in [0, 0.05) is 32.4 Å². The van der Waals surface area contributed by atoms with E-state index in [1.807, 2.05) is 30.5 Å². The Hall–Kier alpha value is -2.08. The Morgan fingerprint density at radius 3 is 2.52 bits per heavy atom. The second kappa shape index (κ2) is 7.44. The van der Waals surface area contributed by atoms with Crippen molar-refractivity contribution in [3.63, 3.8) is 0 Å². The topological polar surface area (TPSA) is 26.5 Å².